The van der Waals surface area contributed by atoms with Crippen molar-refractivity contribution in [2.45, 2.75) is 13.1 Å². The van der Waals surface area contributed by atoms with Crippen molar-refractivity contribution in [2.24, 2.45) is 0 Å². The van der Waals surface area contributed by atoms with E-state index in [1.807, 2.05) is 89.8 Å². The maximum atomic E-state index is 14.9. The number of halogens is 7. The summed E-state index contributed by atoms with van der Waals surface area (Å²) in [6, 6.07) is 34.8. The van der Waals surface area contributed by atoms with Gasteiger partial charge in [-0.3, -0.25) is 0 Å². The molecule has 0 N–H and O–H groups in total. The minimum Gasteiger partial charge on any atom is -0.336 e. The van der Waals surface area contributed by atoms with Gasteiger partial charge in [0.2, 0.25) is 0 Å². The van der Waals surface area contributed by atoms with E-state index in [0.29, 0.717) is 63.4 Å². The fourth-order valence-electron chi connectivity index (χ4n) is 7.50. The molecule has 0 spiro atoms. The van der Waals surface area contributed by atoms with Gasteiger partial charge in [-0.1, -0.05) is 36.4 Å². The van der Waals surface area contributed by atoms with Gasteiger partial charge in [-0.15, -0.1) is 0 Å². The Morgan fingerprint density at radius 2 is 0.722 bits per heavy atom. The van der Waals surface area contributed by atoms with Crippen molar-refractivity contribution in [3.8, 4) is 0 Å². The summed E-state index contributed by atoms with van der Waals surface area (Å²) in [7, 11) is 0. The van der Waals surface area contributed by atoms with E-state index in [9.17, 15) is 30.7 Å². The lowest BCUT2D eigenvalue weighted by atomic mass is 10.1. The van der Waals surface area contributed by atoms with Crippen LogP contribution in [-0.4, -0.2) is 9.13 Å². The summed E-state index contributed by atoms with van der Waals surface area (Å²) in [6.07, 6.45) is 0. The Morgan fingerprint density at radius 3 is 1.15 bits per heavy atom. The van der Waals surface area contributed by atoms with Gasteiger partial charge >= 0.3 is 0 Å². The molecule has 3 nitrogen and oxygen atoms in total. The largest absolute Gasteiger partial charge is 0.336 e. The Kier molecular flexibility index (Phi) is 7.92. The zero-order chi connectivity index (χ0) is 37.2. The number of hydrogen-bond acceptors (Lipinski definition) is 1. The first kappa shape index (κ1) is 33.3. The summed E-state index contributed by atoms with van der Waals surface area (Å²) in [4.78, 5) is 1.94. The quantitative estimate of drug-likeness (QED) is 0.149. The van der Waals surface area contributed by atoms with E-state index in [1.165, 1.54) is 12.1 Å². The van der Waals surface area contributed by atoms with Gasteiger partial charge in [0.15, 0.2) is 0 Å². The Labute approximate surface area is 303 Å². The molecule has 0 fully saturated rings. The second-order valence-corrected chi connectivity index (χ2v) is 13.1. The van der Waals surface area contributed by atoms with Crippen LogP contribution in [0.15, 0.2) is 133 Å². The maximum Gasteiger partial charge on any atom is 0.134 e. The molecule has 0 saturated heterocycles. The molecule has 7 aromatic carbocycles. The van der Waals surface area contributed by atoms with Crippen molar-refractivity contribution in [2.75, 3.05) is 4.90 Å². The number of para-hydroxylation sites is 2. The highest BCUT2D eigenvalue weighted by molar-refractivity contribution is 6.11. The van der Waals surface area contributed by atoms with E-state index in [1.54, 1.807) is 21.3 Å². The summed E-state index contributed by atoms with van der Waals surface area (Å²) in [5.41, 5.74) is 4.26. The second kappa shape index (κ2) is 12.8. The summed E-state index contributed by atoms with van der Waals surface area (Å²) in [6.45, 7) is -0.370. The molecule has 266 valence electrons. The van der Waals surface area contributed by atoms with Crippen LogP contribution >= 0.6 is 0 Å². The molecule has 0 aliphatic rings. The van der Waals surface area contributed by atoms with Gasteiger partial charge in [0.25, 0.3) is 0 Å². The standard InChI is InChI=1S/C44H26F7N3/c45-25-9-11-28(12-10-25)54(29-13-15-43-33(21-29)31-5-1-3-7-41(31)52(43)23-35-37(48)17-26(46)18-38(35)49)30-14-16-44-34(22-30)32-6-2-4-8-42(32)53(44)24-36-39(50)19-27(47)20-40(36)51/h1-22H,23-24H2. The monoisotopic (exact) mass is 729 g/mol. The van der Waals surface area contributed by atoms with Crippen LogP contribution in [0.5, 0.6) is 0 Å². The molecule has 54 heavy (non-hydrogen) atoms. The van der Waals surface area contributed by atoms with Crippen LogP contribution in [0.1, 0.15) is 11.1 Å². The van der Waals surface area contributed by atoms with Crippen molar-refractivity contribution >= 4 is 60.7 Å². The Bertz CT molecular complexity index is 2710. The van der Waals surface area contributed by atoms with Crippen molar-refractivity contribution in [1.29, 1.82) is 0 Å². The van der Waals surface area contributed by atoms with E-state index in [0.717, 1.165) is 21.5 Å². The molecule has 2 heterocycles. The Hall–Kier alpha value is -6.55. The van der Waals surface area contributed by atoms with Crippen LogP contribution in [0.3, 0.4) is 0 Å². The summed E-state index contributed by atoms with van der Waals surface area (Å²) < 4.78 is 105. The fourth-order valence-corrected chi connectivity index (χ4v) is 7.50. The molecular weight excluding hydrogens is 703 g/mol. The molecule has 0 bridgehead atoms. The Morgan fingerprint density at radius 1 is 0.352 bits per heavy atom. The fraction of sp³-hybridized carbons (Fsp3) is 0.0455. The van der Waals surface area contributed by atoms with E-state index in [-0.39, 0.29) is 24.2 Å². The van der Waals surface area contributed by atoms with Gasteiger partial charge in [-0.25, -0.2) is 30.7 Å². The summed E-state index contributed by atoms with van der Waals surface area (Å²) >= 11 is 0. The van der Waals surface area contributed by atoms with Crippen molar-refractivity contribution in [3.05, 3.63) is 185 Å². The molecule has 0 radical (unpaired) electrons. The highest BCUT2D eigenvalue weighted by Crippen LogP contribution is 2.42. The lowest BCUT2D eigenvalue weighted by Crippen LogP contribution is -2.10. The number of nitrogens with zero attached hydrogens (tertiary/aromatic N) is 3. The van der Waals surface area contributed by atoms with Crippen molar-refractivity contribution in [1.82, 2.24) is 9.13 Å². The van der Waals surface area contributed by atoms with Crippen molar-refractivity contribution in [3.63, 3.8) is 0 Å². The van der Waals surface area contributed by atoms with Gasteiger partial charge < -0.3 is 14.0 Å². The molecule has 0 unspecified atom stereocenters. The number of anilines is 3. The number of aromatic nitrogens is 2. The minimum absolute atomic E-state index is 0.185. The predicted octanol–water partition coefficient (Wildman–Crippen LogP) is 12.4. The molecule has 0 aliphatic carbocycles. The molecule has 9 rings (SSSR count). The van der Waals surface area contributed by atoms with E-state index in [2.05, 4.69) is 0 Å². The molecule has 2 aromatic heterocycles. The van der Waals surface area contributed by atoms with Crippen LogP contribution in [0.2, 0.25) is 0 Å². The van der Waals surface area contributed by atoms with Crippen molar-refractivity contribution < 1.29 is 30.7 Å². The third-order valence-corrected chi connectivity index (χ3v) is 9.96. The number of fused-ring (bicyclic) bond motifs is 6. The van der Waals surface area contributed by atoms with Gasteiger partial charge in [0, 0.05) is 96.1 Å². The van der Waals surface area contributed by atoms with Gasteiger partial charge in [-0.05, 0) is 72.8 Å². The number of rotatable bonds is 7. The second-order valence-electron chi connectivity index (χ2n) is 13.1. The average molecular weight is 730 g/mol. The van der Waals surface area contributed by atoms with Crippen LogP contribution in [0.4, 0.5) is 47.8 Å². The van der Waals surface area contributed by atoms with E-state index >= 15 is 0 Å². The summed E-state index contributed by atoms with van der Waals surface area (Å²) in [5, 5.41) is 3.18. The summed E-state index contributed by atoms with van der Waals surface area (Å²) in [5.74, 6) is -6.36. The molecule has 0 saturated carbocycles. The third kappa shape index (κ3) is 5.53. The van der Waals surface area contributed by atoms with E-state index < -0.39 is 40.7 Å². The molecule has 9 aromatic rings. The van der Waals surface area contributed by atoms with Crippen LogP contribution < -0.4 is 4.90 Å². The normalized spacial score (nSPS) is 11.8. The average Bonchev–Trinajstić information content (AvgIpc) is 3.63. The molecule has 10 heteroatoms. The van der Waals surface area contributed by atoms with Crippen LogP contribution in [0.25, 0.3) is 43.6 Å². The maximum absolute atomic E-state index is 14.9. The molecule has 0 atom stereocenters. The number of benzene rings is 7. The topological polar surface area (TPSA) is 13.1 Å². The zero-order valence-corrected chi connectivity index (χ0v) is 28.1. The molecule has 0 amide bonds. The first-order valence-electron chi connectivity index (χ1n) is 17.0. The van der Waals surface area contributed by atoms with E-state index in [4.69, 9.17) is 0 Å². The minimum atomic E-state index is -1.00. The SMILES string of the molecule is Fc1ccc(N(c2ccc3c(c2)c2ccccc2n3Cc2c(F)cc(F)cc2F)c2ccc3c(c2)c2ccccc2n3Cc2c(F)cc(F)cc2F)cc1. The lowest BCUT2D eigenvalue weighted by Gasteiger charge is -2.26. The molecular formula is C44H26F7N3. The highest BCUT2D eigenvalue weighted by atomic mass is 19.2. The number of hydrogen-bond donors (Lipinski definition) is 0. The predicted molar refractivity (Wildman–Crippen MR) is 198 cm³/mol. The zero-order valence-electron chi connectivity index (χ0n) is 28.1. The van der Waals surface area contributed by atoms with Crippen LogP contribution in [-0.2, 0) is 13.1 Å². The molecule has 0 aliphatic heterocycles. The smallest absolute Gasteiger partial charge is 0.134 e. The first-order chi connectivity index (χ1) is 26.1. The van der Waals surface area contributed by atoms with Crippen LogP contribution in [0, 0.1) is 40.7 Å². The van der Waals surface area contributed by atoms with Gasteiger partial charge in [-0.2, -0.15) is 0 Å². The van der Waals surface area contributed by atoms with Gasteiger partial charge in [0.05, 0.1) is 13.1 Å². The first-order valence-corrected chi connectivity index (χ1v) is 17.0. The lowest BCUT2D eigenvalue weighted by molar-refractivity contribution is 0.518. The van der Waals surface area contributed by atoms with Gasteiger partial charge in [0.1, 0.15) is 40.7 Å². The third-order valence-electron chi connectivity index (χ3n) is 9.96. The Balaban J connectivity index is 1.22. The highest BCUT2D eigenvalue weighted by Gasteiger charge is 2.22.